The van der Waals surface area contributed by atoms with E-state index in [0.717, 1.165) is 51.1 Å². The number of β-amino-alcohol motifs (C(OH)–C–C–N with tert-alkyl or cyclic N) is 1. The molecule has 0 unspecified atom stereocenters. The van der Waals surface area contributed by atoms with E-state index in [2.05, 4.69) is 47.0 Å². The Hall–Kier alpha value is -1.52. The average Bonchev–Trinajstić information content (AvgIpc) is 3.17. The van der Waals surface area contributed by atoms with E-state index in [1.165, 1.54) is 23.7 Å². The Morgan fingerprint density at radius 3 is 2.67 bits per heavy atom. The second-order valence-electron chi connectivity index (χ2n) is 7.64. The second kappa shape index (κ2) is 6.41. The Labute approximate surface area is 144 Å². The molecule has 130 valence electrons. The van der Waals surface area contributed by atoms with Gasteiger partial charge in [-0.25, -0.2) is 0 Å². The molecule has 1 aliphatic carbocycles. The fourth-order valence-corrected chi connectivity index (χ4v) is 4.35. The first-order valence-corrected chi connectivity index (χ1v) is 9.28. The Bertz CT molecular complexity index is 695. The van der Waals surface area contributed by atoms with Crippen molar-refractivity contribution in [2.75, 3.05) is 19.6 Å². The predicted octanol–water partition coefficient (Wildman–Crippen LogP) is 3.33. The highest BCUT2D eigenvalue weighted by Gasteiger charge is 2.34. The summed E-state index contributed by atoms with van der Waals surface area (Å²) in [5, 5.41) is 11.8. The van der Waals surface area contributed by atoms with Crippen LogP contribution >= 0.6 is 0 Å². The molecule has 2 aliphatic rings. The van der Waals surface area contributed by atoms with Gasteiger partial charge in [-0.3, -0.25) is 0 Å². The molecule has 4 nitrogen and oxygen atoms in total. The minimum Gasteiger partial charge on any atom is -0.490 e. The molecule has 0 spiro atoms. The molecule has 1 aliphatic heterocycles. The molecule has 24 heavy (non-hydrogen) atoms. The first kappa shape index (κ1) is 16.0. The molecule has 4 rings (SSSR count). The average molecular weight is 328 g/mol. The van der Waals surface area contributed by atoms with Crippen molar-refractivity contribution in [3.05, 3.63) is 30.5 Å². The van der Waals surface area contributed by atoms with Crippen molar-refractivity contribution in [3.8, 4) is 5.75 Å². The molecular formula is C20H28N2O2. The molecule has 0 radical (unpaired) electrons. The Morgan fingerprint density at radius 2 is 1.92 bits per heavy atom. The van der Waals surface area contributed by atoms with E-state index in [1.807, 2.05) is 0 Å². The number of hydrogen-bond acceptors (Lipinski definition) is 3. The third-order valence-electron chi connectivity index (χ3n) is 5.77. The second-order valence-corrected chi connectivity index (χ2v) is 7.64. The Balaban J connectivity index is 1.36. The van der Waals surface area contributed by atoms with Gasteiger partial charge in [-0.15, -0.1) is 0 Å². The summed E-state index contributed by atoms with van der Waals surface area (Å²) in [7, 11) is 2.07. The number of likely N-dealkylation sites (tertiary alicyclic amines) is 1. The van der Waals surface area contributed by atoms with Gasteiger partial charge >= 0.3 is 0 Å². The fraction of sp³-hybridized carbons (Fsp3) is 0.600. The van der Waals surface area contributed by atoms with Gasteiger partial charge in [-0.05, 0) is 43.9 Å². The van der Waals surface area contributed by atoms with Crippen LogP contribution < -0.4 is 4.74 Å². The van der Waals surface area contributed by atoms with E-state index in [9.17, 15) is 5.11 Å². The van der Waals surface area contributed by atoms with Crippen LogP contribution in [-0.4, -0.2) is 45.9 Å². The van der Waals surface area contributed by atoms with Crippen molar-refractivity contribution < 1.29 is 9.84 Å². The summed E-state index contributed by atoms with van der Waals surface area (Å²) in [6.45, 7) is 2.89. The molecule has 2 heterocycles. The standard InChI is InChI=1S/C20H28N2O2/c1-21-12-9-17-18(21)5-4-6-19(17)24-16-7-13-22(14-8-16)15-20(23)10-2-3-11-20/h4-6,9,12,16,23H,2-3,7-8,10-11,13-15H2,1H3. The van der Waals surface area contributed by atoms with E-state index in [0.29, 0.717) is 0 Å². The summed E-state index contributed by atoms with van der Waals surface area (Å²) in [6.07, 6.45) is 8.75. The van der Waals surface area contributed by atoms with E-state index in [1.54, 1.807) is 0 Å². The summed E-state index contributed by atoms with van der Waals surface area (Å²) in [5.41, 5.74) is 0.789. The molecule has 2 aromatic rings. The third-order valence-corrected chi connectivity index (χ3v) is 5.77. The van der Waals surface area contributed by atoms with Crippen LogP contribution in [0.25, 0.3) is 10.9 Å². The van der Waals surface area contributed by atoms with Gasteiger partial charge in [0, 0.05) is 38.3 Å². The monoisotopic (exact) mass is 328 g/mol. The zero-order valence-corrected chi connectivity index (χ0v) is 14.6. The van der Waals surface area contributed by atoms with Crippen molar-refractivity contribution in [1.29, 1.82) is 0 Å². The van der Waals surface area contributed by atoms with E-state index in [-0.39, 0.29) is 6.10 Å². The number of aliphatic hydroxyl groups is 1. The van der Waals surface area contributed by atoms with Gasteiger partial charge in [0.15, 0.2) is 0 Å². The minimum absolute atomic E-state index is 0.283. The van der Waals surface area contributed by atoms with Crippen LogP contribution in [0, 0.1) is 0 Å². The number of hydrogen-bond donors (Lipinski definition) is 1. The van der Waals surface area contributed by atoms with Crippen molar-refractivity contribution in [2.24, 2.45) is 7.05 Å². The first-order chi connectivity index (χ1) is 11.6. The van der Waals surface area contributed by atoms with Gasteiger partial charge in [0.1, 0.15) is 11.9 Å². The zero-order chi connectivity index (χ0) is 16.6. The maximum Gasteiger partial charge on any atom is 0.129 e. The predicted molar refractivity (Wildman–Crippen MR) is 96.4 cm³/mol. The van der Waals surface area contributed by atoms with Crippen LogP contribution in [0.2, 0.25) is 0 Å². The highest BCUT2D eigenvalue weighted by molar-refractivity contribution is 5.86. The largest absolute Gasteiger partial charge is 0.490 e. The smallest absolute Gasteiger partial charge is 0.129 e. The minimum atomic E-state index is -0.427. The molecule has 1 N–H and O–H groups in total. The maximum absolute atomic E-state index is 10.6. The first-order valence-electron chi connectivity index (χ1n) is 9.28. The normalized spacial score (nSPS) is 22.2. The van der Waals surface area contributed by atoms with Crippen LogP contribution in [-0.2, 0) is 7.05 Å². The number of nitrogens with zero attached hydrogens (tertiary/aromatic N) is 2. The zero-order valence-electron chi connectivity index (χ0n) is 14.6. The Morgan fingerprint density at radius 1 is 1.17 bits per heavy atom. The lowest BCUT2D eigenvalue weighted by atomic mass is 9.99. The van der Waals surface area contributed by atoms with Crippen molar-refractivity contribution in [1.82, 2.24) is 9.47 Å². The molecule has 1 aromatic heterocycles. The molecule has 0 atom stereocenters. The van der Waals surface area contributed by atoms with E-state index >= 15 is 0 Å². The van der Waals surface area contributed by atoms with Crippen LogP contribution in [0.1, 0.15) is 38.5 Å². The molecule has 0 bridgehead atoms. The molecule has 1 saturated heterocycles. The number of fused-ring (bicyclic) bond motifs is 1. The summed E-state index contributed by atoms with van der Waals surface area (Å²) in [6, 6.07) is 8.42. The number of ether oxygens (including phenoxy) is 1. The molecule has 1 saturated carbocycles. The molecular weight excluding hydrogens is 300 g/mol. The number of rotatable bonds is 4. The maximum atomic E-state index is 10.6. The Kier molecular flexibility index (Phi) is 4.27. The van der Waals surface area contributed by atoms with E-state index in [4.69, 9.17) is 4.74 Å². The number of aromatic nitrogens is 1. The molecule has 1 aromatic carbocycles. The van der Waals surface area contributed by atoms with Gasteiger partial charge < -0.3 is 19.3 Å². The number of benzene rings is 1. The number of piperidine rings is 1. The SMILES string of the molecule is Cn1ccc2c(OC3CCN(CC4(O)CCCC4)CC3)cccc21. The highest BCUT2D eigenvalue weighted by atomic mass is 16.5. The molecule has 0 amide bonds. The van der Waals surface area contributed by atoms with Gasteiger partial charge in [0.05, 0.1) is 11.1 Å². The lowest BCUT2D eigenvalue weighted by molar-refractivity contribution is -0.00671. The fourth-order valence-electron chi connectivity index (χ4n) is 4.35. The number of aryl methyl sites for hydroxylation is 1. The van der Waals surface area contributed by atoms with Crippen LogP contribution in [0.15, 0.2) is 30.5 Å². The third kappa shape index (κ3) is 3.17. The summed E-state index contributed by atoms with van der Waals surface area (Å²) in [5.74, 6) is 1.00. The van der Waals surface area contributed by atoms with Gasteiger partial charge in [0.2, 0.25) is 0 Å². The quantitative estimate of drug-likeness (QED) is 0.935. The lowest BCUT2D eigenvalue weighted by Crippen LogP contribution is -2.46. The van der Waals surface area contributed by atoms with E-state index < -0.39 is 5.60 Å². The van der Waals surface area contributed by atoms with Crippen LogP contribution in [0.4, 0.5) is 0 Å². The van der Waals surface area contributed by atoms with Gasteiger partial charge in [-0.1, -0.05) is 18.9 Å². The van der Waals surface area contributed by atoms with Crippen LogP contribution in [0.3, 0.4) is 0 Å². The summed E-state index contributed by atoms with van der Waals surface area (Å²) in [4.78, 5) is 2.42. The lowest BCUT2D eigenvalue weighted by Gasteiger charge is -2.36. The van der Waals surface area contributed by atoms with Crippen molar-refractivity contribution in [2.45, 2.75) is 50.2 Å². The molecule has 2 fully saturated rings. The topological polar surface area (TPSA) is 37.6 Å². The highest BCUT2D eigenvalue weighted by Crippen LogP contribution is 2.32. The van der Waals surface area contributed by atoms with Gasteiger partial charge in [0.25, 0.3) is 0 Å². The van der Waals surface area contributed by atoms with Crippen molar-refractivity contribution in [3.63, 3.8) is 0 Å². The van der Waals surface area contributed by atoms with Crippen molar-refractivity contribution >= 4 is 10.9 Å². The molecule has 4 heteroatoms. The van der Waals surface area contributed by atoms with Gasteiger partial charge in [-0.2, -0.15) is 0 Å². The summed E-state index contributed by atoms with van der Waals surface area (Å²) < 4.78 is 8.45. The van der Waals surface area contributed by atoms with Crippen LogP contribution in [0.5, 0.6) is 5.75 Å². The summed E-state index contributed by atoms with van der Waals surface area (Å²) >= 11 is 0.